The number of Topliss-reactive ketones (excluding diaryl/α,β-unsaturated/α-hetero) is 1. The van der Waals surface area contributed by atoms with E-state index in [0.29, 0.717) is 30.5 Å². The zero-order valence-electron chi connectivity index (χ0n) is 37.8. The SMILES string of the molecule is O=C(CN1C[C@@H]2CN(Cc3ccccc3)C[C@@H]2C1)c1ccc(O)cc1.Oc1ccc(C(O)CN2C[C@H]3CN(Cc4ccccc4)C[C@H]3C2)cc1.c1ccc(CN2C[C@H]3CNC[C@H]3C2)cc1. The van der Waals surface area contributed by atoms with Crippen LogP contribution in [0.1, 0.15) is 38.7 Å². The number of carbonyl (C=O) groups is 1. The summed E-state index contributed by atoms with van der Waals surface area (Å²) in [5.74, 6) is 5.19. The number of aliphatic hydroxyl groups excluding tert-OH is 1. The van der Waals surface area contributed by atoms with E-state index in [1.54, 1.807) is 48.5 Å². The normalized spacial score (nSPS) is 25.9. The van der Waals surface area contributed by atoms with Crippen molar-refractivity contribution >= 4 is 5.78 Å². The molecule has 4 N–H and O–H groups in total. The molecule has 5 aromatic carbocycles. The van der Waals surface area contributed by atoms with Gasteiger partial charge in [-0.05, 0) is 107 Å². The average molecular weight is 877 g/mol. The number of likely N-dealkylation sites (tertiary alicyclic amines) is 5. The molecule has 1 unspecified atom stereocenters. The number of ketones is 1. The van der Waals surface area contributed by atoms with E-state index in [1.807, 2.05) is 0 Å². The van der Waals surface area contributed by atoms with Crippen molar-refractivity contribution in [2.75, 3.05) is 91.6 Å². The van der Waals surface area contributed by atoms with Crippen LogP contribution in [0.15, 0.2) is 140 Å². The number of hydrogen-bond acceptors (Lipinski definition) is 10. The first kappa shape index (κ1) is 45.3. The molecule has 6 heterocycles. The third kappa shape index (κ3) is 12.3. The fourth-order valence-corrected chi connectivity index (χ4v) is 11.5. The number of rotatable bonds is 12. The maximum atomic E-state index is 12.4. The quantitative estimate of drug-likeness (QED) is 0.104. The predicted octanol–water partition coefficient (Wildman–Crippen LogP) is 6.47. The predicted molar refractivity (Wildman–Crippen MR) is 257 cm³/mol. The number of phenols is 2. The summed E-state index contributed by atoms with van der Waals surface area (Å²) in [6.07, 6.45) is -0.486. The number of hydrogen-bond donors (Lipinski definition) is 4. The van der Waals surface area contributed by atoms with Crippen molar-refractivity contribution in [3.05, 3.63) is 167 Å². The molecule has 11 rings (SSSR count). The van der Waals surface area contributed by atoms with E-state index in [-0.39, 0.29) is 17.3 Å². The summed E-state index contributed by atoms with van der Waals surface area (Å²) in [4.78, 5) is 24.8. The van der Waals surface area contributed by atoms with E-state index in [9.17, 15) is 20.1 Å². The summed E-state index contributed by atoms with van der Waals surface area (Å²) in [5.41, 5.74) is 5.77. The summed E-state index contributed by atoms with van der Waals surface area (Å²) < 4.78 is 0. The average Bonchev–Trinajstić information content (AvgIpc) is 4.17. The Hall–Kier alpha value is -4.91. The minimum atomic E-state index is -0.486. The molecule has 342 valence electrons. The molecule has 0 saturated carbocycles. The Bertz CT molecular complexity index is 2190. The maximum Gasteiger partial charge on any atom is 0.176 e. The number of aliphatic hydroxyl groups is 1. The number of carbonyl (C=O) groups excluding carboxylic acids is 1. The molecule has 10 heteroatoms. The lowest BCUT2D eigenvalue weighted by Crippen LogP contribution is -2.32. The molecule has 6 aliphatic rings. The Morgan fingerprint density at radius 2 is 0.815 bits per heavy atom. The summed E-state index contributed by atoms with van der Waals surface area (Å²) >= 11 is 0. The molecule has 6 fully saturated rings. The lowest BCUT2D eigenvalue weighted by Gasteiger charge is -2.23. The molecule has 6 aliphatic heterocycles. The lowest BCUT2D eigenvalue weighted by atomic mass is 10.0. The van der Waals surface area contributed by atoms with Gasteiger partial charge in [0, 0.05) is 97.2 Å². The highest BCUT2D eigenvalue weighted by molar-refractivity contribution is 5.97. The van der Waals surface area contributed by atoms with Crippen molar-refractivity contribution in [1.82, 2.24) is 29.8 Å². The summed E-state index contributed by atoms with van der Waals surface area (Å²) in [6.45, 7) is 18.1. The monoisotopic (exact) mass is 877 g/mol. The second kappa shape index (κ2) is 21.6. The zero-order valence-corrected chi connectivity index (χ0v) is 37.8. The van der Waals surface area contributed by atoms with E-state index in [2.05, 4.69) is 121 Å². The minimum Gasteiger partial charge on any atom is -0.508 e. The molecule has 65 heavy (non-hydrogen) atoms. The van der Waals surface area contributed by atoms with Crippen LogP contribution in [0.3, 0.4) is 0 Å². The third-order valence-electron chi connectivity index (χ3n) is 14.8. The van der Waals surface area contributed by atoms with Crippen molar-refractivity contribution in [3.8, 4) is 11.5 Å². The zero-order chi connectivity index (χ0) is 44.5. The van der Waals surface area contributed by atoms with Crippen LogP contribution in [-0.2, 0) is 19.6 Å². The maximum absolute atomic E-state index is 12.4. The largest absolute Gasteiger partial charge is 0.508 e. The highest BCUT2D eigenvalue weighted by Crippen LogP contribution is 2.34. The third-order valence-corrected chi connectivity index (χ3v) is 14.8. The molecule has 7 atom stereocenters. The smallest absolute Gasteiger partial charge is 0.176 e. The molecule has 5 aromatic rings. The van der Waals surface area contributed by atoms with Gasteiger partial charge in [0.25, 0.3) is 0 Å². The van der Waals surface area contributed by atoms with Gasteiger partial charge in [-0.15, -0.1) is 0 Å². The van der Waals surface area contributed by atoms with Crippen molar-refractivity contribution in [1.29, 1.82) is 0 Å². The Labute approximate surface area is 386 Å². The van der Waals surface area contributed by atoms with Crippen molar-refractivity contribution in [2.24, 2.45) is 35.5 Å². The van der Waals surface area contributed by atoms with Gasteiger partial charge in [-0.1, -0.05) is 103 Å². The molecule has 0 amide bonds. The van der Waals surface area contributed by atoms with Gasteiger partial charge < -0.3 is 20.6 Å². The minimum absolute atomic E-state index is 0.140. The Kier molecular flexibility index (Phi) is 15.0. The van der Waals surface area contributed by atoms with Gasteiger partial charge in [0.2, 0.25) is 0 Å². The van der Waals surface area contributed by atoms with E-state index in [1.165, 1.54) is 42.9 Å². The van der Waals surface area contributed by atoms with Crippen LogP contribution in [0, 0.1) is 35.5 Å². The van der Waals surface area contributed by atoms with Crippen LogP contribution < -0.4 is 5.32 Å². The van der Waals surface area contributed by atoms with E-state index >= 15 is 0 Å². The fourth-order valence-electron chi connectivity index (χ4n) is 11.5. The van der Waals surface area contributed by atoms with Gasteiger partial charge in [-0.2, -0.15) is 0 Å². The standard InChI is InChI=1S/C21H26N2O2.C21H24N2O2.C13H18N2/c2*24-20-8-6-17(7-9-20)21(25)15-23-13-18-11-22(12-19(18)14-23)10-16-4-2-1-3-5-16;1-2-4-11(5-3-1)8-15-9-12-6-14-7-13(12)10-15/h1-9,18-19,21,24-25H,10-15H2;1-9,18-19,24H,10-15H2;1-5,12-14H,6-10H2/t18-,19+,21?;18-,19+;12-,13+. The molecule has 0 bridgehead atoms. The highest BCUT2D eigenvalue weighted by Gasteiger charge is 2.41. The van der Waals surface area contributed by atoms with E-state index in [0.717, 1.165) is 101 Å². The van der Waals surface area contributed by atoms with E-state index in [4.69, 9.17) is 0 Å². The molecular formula is C55H68N6O4. The van der Waals surface area contributed by atoms with Crippen LogP contribution in [0.2, 0.25) is 0 Å². The van der Waals surface area contributed by atoms with Crippen molar-refractivity contribution in [3.63, 3.8) is 0 Å². The van der Waals surface area contributed by atoms with Crippen LogP contribution in [0.5, 0.6) is 11.5 Å². The van der Waals surface area contributed by atoms with Gasteiger partial charge in [-0.25, -0.2) is 0 Å². The first-order valence-corrected chi connectivity index (χ1v) is 24.0. The highest BCUT2D eigenvalue weighted by atomic mass is 16.3. The Morgan fingerprint density at radius 3 is 1.23 bits per heavy atom. The van der Waals surface area contributed by atoms with Crippen LogP contribution in [-0.4, -0.2) is 137 Å². The summed E-state index contributed by atoms with van der Waals surface area (Å²) in [5, 5.41) is 32.6. The van der Waals surface area contributed by atoms with E-state index < -0.39 is 6.10 Å². The number of nitrogens with zero attached hydrogens (tertiary/aromatic N) is 5. The molecule has 10 nitrogen and oxygen atoms in total. The molecule has 0 radical (unpaired) electrons. The van der Waals surface area contributed by atoms with Gasteiger partial charge in [-0.3, -0.25) is 29.3 Å². The Balaban J connectivity index is 0.000000127. The molecule has 6 saturated heterocycles. The molecule has 0 aromatic heterocycles. The Morgan fingerprint density at radius 1 is 0.462 bits per heavy atom. The van der Waals surface area contributed by atoms with Crippen molar-refractivity contribution in [2.45, 2.75) is 25.7 Å². The summed E-state index contributed by atoms with van der Waals surface area (Å²) in [7, 11) is 0. The first-order valence-electron chi connectivity index (χ1n) is 24.0. The molecular weight excluding hydrogens is 809 g/mol. The van der Waals surface area contributed by atoms with Crippen LogP contribution >= 0.6 is 0 Å². The van der Waals surface area contributed by atoms with Gasteiger partial charge in [0.1, 0.15) is 11.5 Å². The number of aromatic hydroxyl groups is 2. The number of phenolic OH excluding ortho intramolecular Hbond substituents is 2. The second-order valence-corrected chi connectivity index (χ2v) is 19.7. The van der Waals surface area contributed by atoms with Crippen molar-refractivity contribution < 1.29 is 20.1 Å². The number of β-amino-alcohol motifs (C(OH)–C–C–N with tert-alkyl or cyclic N) is 1. The lowest BCUT2D eigenvalue weighted by molar-refractivity contribution is 0.0937. The number of benzene rings is 5. The van der Waals surface area contributed by atoms with Gasteiger partial charge in [0.15, 0.2) is 5.78 Å². The summed E-state index contributed by atoms with van der Waals surface area (Å²) in [6, 6.07) is 45.6. The van der Waals surface area contributed by atoms with Gasteiger partial charge in [0.05, 0.1) is 12.6 Å². The first-order chi connectivity index (χ1) is 31.8. The topological polar surface area (TPSA) is 106 Å². The van der Waals surface area contributed by atoms with Gasteiger partial charge >= 0.3 is 0 Å². The van der Waals surface area contributed by atoms with Crippen LogP contribution in [0.25, 0.3) is 0 Å². The van der Waals surface area contributed by atoms with Crippen LogP contribution in [0.4, 0.5) is 0 Å². The second-order valence-electron chi connectivity index (χ2n) is 19.7. The molecule has 0 spiro atoms. The number of fused-ring (bicyclic) bond motifs is 3. The molecule has 0 aliphatic carbocycles. The number of nitrogens with one attached hydrogen (secondary N) is 1. The fraction of sp³-hybridized carbons (Fsp3) is 0.436.